The lowest BCUT2D eigenvalue weighted by Crippen LogP contribution is -2.12. The van der Waals surface area contributed by atoms with Crippen molar-refractivity contribution in [3.8, 4) is 28.7 Å². The number of benzene rings is 1. The molecule has 2 aromatic rings. The molecule has 1 heterocycles. The van der Waals surface area contributed by atoms with E-state index in [0.717, 1.165) is 12.0 Å². The number of aryl methyl sites for hydroxylation is 1. The van der Waals surface area contributed by atoms with E-state index in [-0.39, 0.29) is 11.1 Å². The van der Waals surface area contributed by atoms with Crippen LogP contribution in [0.25, 0.3) is 11.1 Å². The van der Waals surface area contributed by atoms with Crippen molar-refractivity contribution < 1.29 is 9.47 Å². The lowest BCUT2D eigenvalue weighted by atomic mass is 10.0. The van der Waals surface area contributed by atoms with E-state index in [0.29, 0.717) is 29.4 Å². The molecule has 1 aromatic carbocycles. The first-order chi connectivity index (χ1) is 10.6. The van der Waals surface area contributed by atoms with Gasteiger partial charge in [-0.3, -0.25) is 4.79 Å². The zero-order chi connectivity index (χ0) is 16.1. The molecule has 1 aromatic heterocycles. The number of nitriles is 1. The van der Waals surface area contributed by atoms with Gasteiger partial charge in [-0.1, -0.05) is 13.0 Å². The fraction of sp³-hybridized carbons (Fsp3) is 0.294. The highest BCUT2D eigenvalue weighted by Crippen LogP contribution is 2.33. The maximum Gasteiger partial charge on any atom is 0.266 e. The van der Waals surface area contributed by atoms with Crippen LogP contribution in [0, 0.1) is 18.3 Å². The Morgan fingerprint density at radius 3 is 2.68 bits per heavy atom. The van der Waals surface area contributed by atoms with E-state index >= 15 is 0 Å². The molecule has 0 amide bonds. The number of aromatic nitrogens is 1. The summed E-state index contributed by atoms with van der Waals surface area (Å²) in [5.41, 5.74) is 1.75. The number of nitrogens with zero attached hydrogens (tertiary/aromatic N) is 1. The summed E-state index contributed by atoms with van der Waals surface area (Å²) in [4.78, 5) is 14.5. The second kappa shape index (κ2) is 6.81. The van der Waals surface area contributed by atoms with E-state index < -0.39 is 0 Å². The zero-order valence-corrected chi connectivity index (χ0v) is 12.9. The lowest BCUT2D eigenvalue weighted by Gasteiger charge is -2.12. The molecule has 0 bridgehead atoms. The minimum absolute atomic E-state index is 0.0946. The topological polar surface area (TPSA) is 75.1 Å². The summed E-state index contributed by atoms with van der Waals surface area (Å²) < 4.78 is 11.0. The number of aromatic amines is 1. The maximum absolute atomic E-state index is 11.9. The summed E-state index contributed by atoms with van der Waals surface area (Å²) in [5, 5.41) is 9.24. The summed E-state index contributed by atoms with van der Waals surface area (Å²) in [6.45, 7) is 4.37. The average Bonchev–Trinajstić information content (AvgIpc) is 2.52. The first kappa shape index (κ1) is 15.6. The van der Waals surface area contributed by atoms with Crippen molar-refractivity contribution in [3.63, 3.8) is 0 Å². The fourth-order valence-corrected chi connectivity index (χ4v) is 2.20. The van der Waals surface area contributed by atoms with Gasteiger partial charge in [-0.05, 0) is 37.1 Å². The molecule has 5 heteroatoms. The van der Waals surface area contributed by atoms with Crippen LogP contribution in [-0.4, -0.2) is 18.7 Å². The van der Waals surface area contributed by atoms with Gasteiger partial charge in [-0.2, -0.15) is 5.26 Å². The van der Waals surface area contributed by atoms with Crippen molar-refractivity contribution >= 4 is 0 Å². The second-order valence-electron chi connectivity index (χ2n) is 4.90. The van der Waals surface area contributed by atoms with Gasteiger partial charge in [0.2, 0.25) is 0 Å². The Morgan fingerprint density at radius 1 is 1.27 bits per heavy atom. The zero-order valence-electron chi connectivity index (χ0n) is 12.9. The summed E-state index contributed by atoms with van der Waals surface area (Å²) in [6, 6.07) is 9.13. The molecule has 0 aliphatic carbocycles. The molecule has 0 saturated carbocycles. The number of rotatable bonds is 5. The van der Waals surface area contributed by atoms with Gasteiger partial charge >= 0.3 is 0 Å². The molecule has 0 unspecified atom stereocenters. The number of hydrogen-bond acceptors (Lipinski definition) is 4. The van der Waals surface area contributed by atoms with Gasteiger partial charge in [0.25, 0.3) is 5.56 Å². The monoisotopic (exact) mass is 298 g/mol. The Labute approximate surface area is 129 Å². The minimum atomic E-state index is -0.385. The van der Waals surface area contributed by atoms with Gasteiger partial charge in [0.1, 0.15) is 11.6 Å². The van der Waals surface area contributed by atoms with E-state index in [1.807, 2.05) is 19.1 Å². The number of ether oxygens (including phenoxy) is 2. The van der Waals surface area contributed by atoms with Gasteiger partial charge in [0, 0.05) is 11.3 Å². The average molecular weight is 298 g/mol. The molecule has 0 saturated heterocycles. The van der Waals surface area contributed by atoms with Crippen LogP contribution in [0.5, 0.6) is 11.5 Å². The smallest absolute Gasteiger partial charge is 0.266 e. The molecule has 1 N–H and O–H groups in total. The molecular formula is C17H18N2O3. The highest BCUT2D eigenvalue weighted by Gasteiger charge is 2.13. The number of methoxy groups -OCH3 is 1. The van der Waals surface area contributed by atoms with Crippen molar-refractivity contribution in [2.24, 2.45) is 0 Å². The Bertz CT molecular complexity index is 772. The SMILES string of the molecule is CCCOc1cc(-c2cc(C)[nH]c(=O)c2C#N)ccc1OC. The predicted molar refractivity (Wildman–Crippen MR) is 84.3 cm³/mol. The number of nitrogens with one attached hydrogen (secondary N) is 1. The van der Waals surface area contributed by atoms with Gasteiger partial charge in [0.15, 0.2) is 11.5 Å². The Morgan fingerprint density at radius 2 is 2.05 bits per heavy atom. The highest BCUT2D eigenvalue weighted by molar-refractivity contribution is 5.72. The first-order valence-electron chi connectivity index (χ1n) is 7.06. The number of hydrogen-bond donors (Lipinski definition) is 1. The summed E-state index contributed by atoms with van der Waals surface area (Å²) in [5.74, 6) is 1.22. The fourth-order valence-electron chi connectivity index (χ4n) is 2.20. The van der Waals surface area contributed by atoms with Crippen LogP contribution in [0.4, 0.5) is 0 Å². The molecule has 114 valence electrons. The number of H-pyrrole nitrogens is 1. The molecule has 0 aliphatic heterocycles. The van der Waals surface area contributed by atoms with Gasteiger partial charge in [-0.25, -0.2) is 0 Å². The molecule has 0 aliphatic rings. The molecule has 22 heavy (non-hydrogen) atoms. The van der Waals surface area contributed by atoms with Gasteiger partial charge in [0.05, 0.1) is 13.7 Å². The predicted octanol–water partition coefficient (Wildman–Crippen LogP) is 3.02. The number of pyridine rings is 1. The van der Waals surface area contributed by atoms with Crippen LogP contribution in [0.3, 0.4) is 0 Å². The molecule has 0 fully saturated rings. The molecular weight excluding hydrogens is 280 g/mol. The summed E-state index contributed by atoms with van der Waals surface area (Å²) >= 11 is 0. The molecule has 0 radical (unpaired) electrons. The summed E-state index contributed by atoms with van der Waals surface area (Å²) in [6.07, 6.45) is 0.876. The van der Waals surface area contributed by atoms with Crippen LogP contribution in [0.15, 0.2) is 29.1 Å². The van der Waals surface area contributed by atoms with Crippen molar-refractivity contribution in [1.82, 2.24) is 4.98 Å². The molecule has 2 rings (SSSR count). The third-order valence-corrected chi connectivity index (χ3v) is 3.22. The van der Waals surface area contributed by atoms with Crippen molar-refractivity contribution in [2.75, 3.05) is 13.7 Å². The quantitative estimate of drug-likeness (QED) is 0.920. The van der Waals surface area contributed by atoms with E-state index in [1.165, 1.54) is 0 Å². The standard InChI is InChI=1S/C17H18N2O3/c1-4-7-22-16-9-12(5-6-15(16)21-3)13-8-11(2)19-17(20)14(13)10-18/h5-6,8-9H,4,7H2,1-3H3,(H,19,20). The van der Waals surface area contributed by atoms with E-state index in [2.05, 4.69) is 4.98 Å². The maximum atomic E-state index is 11.9. The van der Waals surface area contributed by atoms with Crippen LogP contribution >= 0.6 is 0 Å². The summed E-state index contributed by atoms with van der Waals surface area (Å²) in [7, 11) is 1.58. The molecule has 0 atom stereocenters. The third kappa shape index (κ3) is 3.12. The van der Waals surface area contributed by atoms with E-state index in [9.17, 15) is 10.1 Å². The van der Waals surface area contributed by atoms with Gasteiger partial charge < -0.3 is 14.5 Å². The van der Waals surface area contributed by atoms with Crippen LogP contribution in [0.1, 0.15) is 24.6 Å². The Hall–Kier alpha value is -2.74. The Kier molecular flexibility index (Phi) is 4.84. The van der Waals surface area contributed by atoms with Crippen LogP contribution in [0.2, 0.25) is 0 Å². The van der Waals surface area contributed by atoms with Crippen molar-refractivity contribution in [2.45, 2.75) is 20.3 Å². The van der Waals surface area contributed by atoms with Crippen LogP contribution in [-0.2, 0) is 0 Å². The third-order valence-electron chi connectivity index (χ3n) is 3.22. The minimum Gasteiger partial charge on any atom is -0.493 e. The van der Waals surface area contributed by atoms with Crippen molar-refractivity contribution in [3.05, 3.63) is 45.9 Å². The lowest BCUT2D eigenvalue weighted by molar-refractivity contribution is 0.294. The largest absolute Gasteiger partial charge is 0.493 e. The normalized spacial score (nSPS) is 10.1. The second-order valence-corrected chi connectivity index (χ2v) is 4.90. The van der Waals surface area contributed by atoms with Gasteiger partial charge in [-0.15, -0.1) is 0 Å². The van der Waals surface area contributed by atoms with E-state index in [4.69, 9.17) is 9.47 Å². The first-order valence-corrected chi connectivity index (χ1v) is 7.06. The Balaban J connectivity index is 2.59. The van der Waals surface area contributed by atoms with E-state index in [1.54, 1.807) is 32.2 Å². The molecule has 0 spiro atoms. The van der Waals surface area contributed by atoms with Crippen LogP contribution < -0.4 is 15.0 Å². The van der Waals surface area contributed by atoms with Crippen molar-refractivity contribution in [1.29, 1.82) is 5.26 Å². The highest BCUT2D eigenvalue weighted by atomic mass is 16.5. The molecule has 5 nitrogen and oxygen atoms in total.